The van der Waals surface area contributed by atoms with Crippen molar-refractivity contribution < 1.29 is 14.4 Å². The van der Waals surface area contributed by atoms with Gasteiger partial charge >= 0.3 is 12.1 Å². The van der Waals surface area contributed by atoms with E-state index in [1.807, 2.05) is 0 Å². The van der Waals surface area contributed by atoms with Crippen LogP contribution in [-0.4, -0.2) is 22.9 Å². The summed E-state index contributed by atoms with van der Waals surface area (Å²) in [6.45, 7) is 5.23. The number of urea groups is 2. The SMILES string of the molecule is C=CCC(CC)C(=O)N(C(N)=O)C(N)=O. The van der Waals surface area contributed by atoms with Crippen LogP contribution < -0.4 is 11.5 Å². The molecule has 0 saturated heterocycles. The molecular formula is C9H15N3O3. The van der Waals surface area contributed by atoms with Gasteiger partial charge in [-0.25, -0.2) is 9.59 Å². The second-order valence-corrected chi connectivity index (χ2v) is 2.98. The number of nitrogens with two attached hydrogens (primary N) is 2. The Hall–Kier alpha value is -1.85. The molecule has 0 aromatic rings. The molecule has 0 aromatic heterocycles. The predicted octanol–water partition coefficient (Wildman–Crippen LogP) is 0.575. The van der Waals surface area contributed by atoms with Gasteiger partial charge in [0.15, 0.2) is 0 Å². The zero-order valence-corrected chi connectivity index (χ0v) is 8.60. The fourth-order valence-electron chi connectivity index (χ4n) is 1.15. The van der Waals surface area contributed by atoms with Gasteiger partial charge in [-0.3, -0.25) is 4.79 Å². The Morgan fingerprint density at radius 3 is 2.07 bits per heavy atom. The van der Waals surface area contributed by atoms with Crippen molar-refractivity contribution in [1.82, 2.24) is 4.90 Å². The molecule has 6 heteroatoms. The molecule has 0 rings (SSSR count). The fourth-order valence-corrected chi connectivity index (χ4v) is 1.15. The van der Waals surface area contributed by atoms with Gasteiger partial charge in [0.2, 0.25) is 5.91 Å². The second-order valence-electron chi connectivity index (χ2n) is 2.98. The Labute approximate surface area is 87.9 Å². The van der Waals surface area contributed by atoms with Crippen LogP contribution in [0, 0.1) is 5.92 Å². The van der Waals surface area contributed by atoms with Crippen LogP contribution in [0.1, 0.15) is 19.8 Å². The highest BCUT2D eigenvalue weighted by atomic mass is 16.2. The Bertz CT molecular complexity index is 274. The van der Waals surface area contributed by atoms with Crippen LogP contribution in [0.2, 0.25) is 0 Å². The highest BCUT2D eigenvalue weighted by Crippen LogP contribution is 2.12. The Balaban J connectivity index is 4.82. The summed E-state index contributed by atoms with van der Waals surface area (Å²) in [5.41, 5.74) is 9.73. The summed E-state index contributed by atoms with van der Waals surface area (Å²) in [5.74, 6) is -1.18. The molecule has 0 saturated carbocycles. The average Bonchev–Trinajstić information content (AvgIpc) is 2.12. The molecule has 15 heavy (non-hydrogen) atoms. The van der Waals surface area contributed by atoms with Crippen molar-refractivity contribution in [1.29, 1.82) is 0 Å². The molecule has 0 aliphatic heterocycles. The molecule has 5 amide bonds. The third kappa shape index (κ3) is 3.41. The van der Waals surface area contributed by atoms with Gasteiger partial charge in [-0.2, -0.15) is 4.90 Å². The first kappa shape index (κ1) is 13.2. The molecule has 0 heterocycles. The number of amides is 5. The van der Waals surface area contributed by atoms with E-state index in [0.717, 1.165) is 0 Å². The number of nitrogens with zero attached hydrogens (tertiary/aromatic N) is 1. The van der Waals surface area contributed by atoms with Crippen LogP contribution in [-0.2, 0) is 4.79 Å². The maximum Gasteiger partial charge on any atom is 0.329 e. The fraction of sp³-hybridized carbons (Fsp3) is 0.444. The summed E-state index contributed by atoms with van der Waals surface area (Å²) in [5, 5.41) is 0. The lowest BCUT2D eigenvalue weighted by atomic mass is 10.0. The lowest BCUT2D eigenvalue weighted by Crippen LogP contribution is -2.50. The van der Waals surface area contributed by atoms with E-state index in [1.165, 1.54) is 6.08 Å². The van der Waals surface area contributed by atoms with Crippen molar-refractivity contribution in [3.05, 3.63) is 12.7 Å². The molecule has 0 fully saturated rings. The third-order valence-electron chi connectivity index (χ3n) is 1.95. The molecule has 1 unspecified atom stereocenters. The summed E-state index contributed by atoms with van der Waals surface area (Å²) in [6, 6.07) is -2.31. The van der Waals surface area contributed by atoms with Crippen LogP contribution >= 0.6 is 0 Å². The normalized spacial score (nSPS) is 11.5. The number of rotatable bonds is 4. The summed E-state index contributed by atoms with van der Waals surface area (Å²) < 4.78 is 0. The van der Waals surface area contributed by atoms with E-state index in [9.17, 15) is 14.4 Å². The maximum absolute atomic E-state index is 11.6. The van der Waals surface area contributed by atoms with E-state index in [1.54, 1.807) is 6.92 Å². The van der Waals surface area contributed by atoms with Crippen LogP contribution in [0.3, 0.4) is 0 Å². The van der Waals surface area contributed by atoms with E-state index >= 15 is 0 Å². The number of allylic oxidation sites excluding steroid dienone is 1. The van der Waals surface area contributed by atoms with Crippen LogP contribution in [0.25, 0.3) is 0 Å². The van der Waals surface area contributed by atoms with Crippen molar-refractivity contribution in [2.24, 2.45) is 17.4 Å². The molecule has 6 nitrogen and oxygen atoms in total. The minimum absolute atomic E-state index is 0.248. The number of primary amides is 2. The van der Waals surface area contributed by atoms with Gasteiger partial charge in [0.25, 0.3) is 0 Å². The van der Waals surface area contributed by atoms with Crippen molar-refractivity contribution in [3.63, 3.8) is 0 Å². The Morgan fingerprint density at radius 1 is 1.33 bits per heavy atom. The standard InChI is InChI=1S/C9H15N3O3/c1-3-5-6(4-2)7(13)12(8(10)14)9(11)15/h3,6H,1,4-5H2,2H3,(H2,10,14)(H2,11,15). The summed E-state index contributed by atoms with van der Waals surface area (Å²) in [6.07, 6.45) is 2.38. The first-order valence-corrected chi connectivity index (χ1v) is 4.49. The molecular weight excluding hydrogens is 198 g/mol. The van der Waals surface area contributed by atoms with Gasteiger partial charge in [-0.15, -0.1) is 6.58 Å². The number of carbonyl (C=O) groups is 3. The largest absolute Gasteiger partial charge is 0.351 e. The van der Waals surface area contributed by atoms with E-state index in [4.69, 9.17) is 11.5 Å². The van der Waals surface area contributed by atoms with Crippen molar-refractivity contribution >= 4 is 18.0 Å². The highest BCUT2D eigenvalue weighted by molar-refractivity contribution is 6.09. The smallest absolute Gasteiger partial charge is 0.329 e. The summed E-state index contributed by atoms with van der Waals surface area (Å²) >= 11 is 0. The molecule has 0 spiro atoms. The van der Waals surface area contributed by atoms with Crippen LogP contribution in [0.4, 0.5) is 9.59 Å². The molecule has 1 atom stereocenters. The van der Waals surface area contributed by atoms with Gasteiger partial charge in [0, 0.05) is 5.92 Å². The third-order valence-corrected chi connectivity index (χ3v) is 1.95. The maximum atomic E-state index is 11.6. The predicted molar refractivity (Wildman–Crippen MR) is 54.6 cm³/mol. The van der Waals surface area contributed by atoms with Gasteiger partial charge < -0.3 is 11.5 Å². The van der Waals surface area contributed by atoms with Crippen molar-refractivity contribution in [2.75, 3.05) is 0 Å². The van der Waals surface area contributed by atoms with Crippen LogP contribution in [0.15, 0.2) is 12.7 Å². The van der Waals surface area contributed by atoms with Crippen molar-refractivity contribution in [3.8, 4) is 0 Å². The van der Waals surface area contributed by atoms with E-state index in [-0.39, 0.29) is 4.90 Å². The number of hydrogen-bond acceptors (Lipinski definition) is 3. The molecule has 84 valence electrons. The first-order valence-electron chi connectivity index (χ1n) is 4.49. The molecule has 0 aliphatic carbocycles. The summed E-state index contributed by atoms with van der Waals surface area (Å²) in [7, 11) is 0. The van der Waals surface area contributed by atoms with Gasteiger partial charge in [-0.05, 0) is 12.8 Å². The topological polar surface area (TPSA) is 106 Å². The van der Waals surface area contributed by atoms with Gasteiger partial charge in [0.05, 0.1) is 0 Å². The Kier molecular flexibility index (Phi) is 5.08. The average molecular weight is 213 g/mol. The minimum Gasteiger partial charge on any atom is -0.351 e. The highest BCUT2D eigenvalue weighted by Gasteiger charge is 2.29. The van der Waals surface area contributed by atoms with E-state index in [0.29, 0.717) is 12.8 Å². The van der Waals surface area contributed by atoms with Gasteiger partial charge in [-0.1, -0.05) is 13.0 Å². The van der Waals surface area contributed by atoms with Crippen molar-refractivity contribution in [2.45, 2.75) is 19.8 Å². The molecule has 0 bridgehead atoms. The molecule has 0 aliphatic rings. The number of hydrogen-bond donors (Lipinski definition) is 2. The molecule has 0 radical (unpaired) electrons. The first-order chi connectivity index (χ1) is 6.95. The number of imide groups is 3. The monoisotopic (exact) mass is 213 g/mol. The van der Waals surface area contributed by atoms with Gasteiger partial charge in [0.1, 0.15) is 0 Å². The van der Waals surface area contributed by atoms with Crippen LogP contribution in [0.5, 0.6) is 0 Å². The second kappa shape index (κ2) is 5.79. The van der Waals surface area contributed by atoms with E-state index in [2.05, 4.69) is 6.58 Å². The zero-order chi connectivity index (χ0) is 12.0. The quantitative estimate of drug-likeness (QED) is 0.666. The molecule has 4 N–H and O–H groups in total. The number of carbonyl (C=O) groups excluding carboxylic acids is 3. The Morgan fingerprint density at radius 2 is 1.80 bits per heavy atom. The lowest BCUT2D eigenvalue weighted by molar-refractivity contribution is -0.129. The lowest BCUT2D eigenvalue weighted by Gasteiger charge is -2.19. The molecule has 0 aromatic carbocycles. The zero-order valence-electron chi connectivity index (χ0n) is 8.60. The summed E-state index contributed by atoms with van der Waals surface area (Å²) in [4.78, 5) is 33.5. The minimum atomic E-state index is -1.16. The van der Waals surface area contributed by atoms with E-state index < -0.39 is 23.9 Å².